The van der Waals surface area contributed by atoms with Gasteiger partial charge in [-0.25, -0.2) is 0 Å². The van der Waals surface area contributed by atoms with Gasteiger partial charge in [-0.3, -0.25) is 4.99 Å². The van der Waals surface area contributed by atoms with Crippen molar-refractivity contribution in [2.45, 2.75) is 19.3 Å². The summed E-state index contributed by atoms with van der Waals surface area (Å²) >= 11 is 0. The largest absolute Gasteiger partial charge is 0.493 e. The van der Waals surface area contributed by atoms with Crippen molar-refractivity contribution in [3.8, 4) is 11.5 Å². The van der Waals surface area contributed by atoms with Crippen LogP contribution in [0.3, 0.4) is 0 Å². The Morgan fingerprint density at radius 2 is 1.75 bits per heavy atom. The van der Waals surface area contributed by atoms with Gasteiger partial charge in [0.05, 0.1) is 14.2 Å². The van der Waals surface area contributed by atoms with Crippen molar-refractivity contribution < 1.29 is 9.47 Å². The van der Waals surface area contributed by atoms with Crippen LogP contribution in [0, 0.1) is 0 Å². The molecular formula is C13H17NO2. The molecule has 0 atom stereocenters. The van der Waals surface area contributed by atoms with Crippen molar-refractivity contribution in [3.05, 3.63) is 23.3 Å². The molecule has 0 unspecified atom stereocenters. The quantitative estimate of drug-likeness (QED) is 0.765. The molecule has 1 aromatic rings. The molecule has 0 saturated heterocycles. The van der Waals surface area contributed by atoms with Crippen molar-refractivity contribution in [2.24, 2.45) is 4.99 Å². The Balaban J connectivity index is 2.55. The van der Waals surface area contributed by atoms with E-state index in [0.717, 1.165) is 30.8 Å². The summed E-state index contributed by atoms with van der Waals surface area (Å²) in [4.78, 5) is 4.34. The van der Waals surface area contributed by atoms with Gasteiger partial charge in [-0.15, -0.1) is 0 Å². The summed E-state index contributed by atoms with van der Waals surface area (Å²) in [6, 6.07) is 4.11. The molecule has 0 aliphatic heterocycles. The average molecular weight is 219 g/mol. The molecule has 0 radical (unpaired) electrons. The summed E-state index contributed by atoms with van der Waals surface area (Å²) < 4.78 is 10.6. The van der Waals surface area contributed by atoms with Gasteiger partial charge in [0.15, 0.2) is 11.5 Å². The number of ether oxygens (including phenoxy) is 2. The summed E-state index contributed by atoms with van der Waals surface area (Å²) in [7, 11) is 5.18. The van der Waals surface area contributed by atoms with Gasteiger partial charge in [0.2, 0.25) is 0 Å². The smallest absolute Gasteiger partial charge is 0.161 e. The van der Waals surface area contributed by atoms with Crippen molar-refractivity contribution in [2.75, 3.05) is 21.3 Å². The highest BCUT2D eigenvalue weighted by atomic mass is 16.5. The normalized spacial score (nSPS) is 17.1. The predicted molar refractivity (Wildman–Crippen MR) is 64.9 cm³/mol. The molecule has 3 nitrogen and oxygen atoms in total. The Bertz CT molecular complexity index is 424. The topological polar surface area (TPSA) is 30.8 Å². The van der Waals surface area contributed by atoms with Crippen LogP contribution in [0.25, 0.3) is 0 Å². The van der Waals surface area contributed by atoms with Crippen molar-refractivity contribution in [1.29, 1.82) is 0 Å². The van der Waals surface area contributed by atoms with Crippen molar-refractivity contribution in [1.82, 2.24) is 0 Å². The monoisotopic (exact) mass is 219 g/mol. The van der Waals surface area contributed by atoms with Crippen LogP contribution in [0.5, 0.6) is 11.5 Å². The van der Waals surface area contributed by atoms with E-state index in [1.54, 1.807) is 14.2 Å². The van der Waals surface area contributed by atoms with Crippen LogP contribution in [-0.2, 0) is 6.42 Å². The van der Waals surface area contributed by atoms with E-state index >= 15 is 0 Å². The maximum Gasteiger partial charge on any atom is 0.161 e. The fraction of sp³-hybridized carbons (Fsp3) is 0.462. The van der Waals surface area contributed by atoms with E-state index < -0.39 is 0 Å². The molecule has 0 bridgehead atoms. The number of methoxy groups -OCH3 is 2. The Morgan fingerprint density at radius 3 is 2.38 bits per heavy atom. The molecule has 2 rings (SSSR count). The van der Waals surface area contributed by atoms with Crippen LogP contribution < -0.4 is 9.47 Å². The molecule has 0 amide bonds. The molecular weight excluding hydrogens is 202 g/mol. The third-order valence-corrected chi connectivity index (χ3v) is 3.05. The standard InChI is InChI=1S/C13H17NO2/c1-14-11-6-4-5-9-7-12(15-2)13(16-3)8-10(9)11/h7-8H,4-6H2,1-3H3. The Hall–Kier alpha value is -1.51. The number of nitrogens with zero attached hydrogens (tertiary/aromatic N) is 1. The van der Waals surface area contributed by atoms with E-state index in [4.69, 9.17) is 9.47 Å². The highest BCUT2D eigenvalue weighted by Crippen LogP contribution is 2.34. The lowest BCUT2D eigenvalue weighted by Gasteiger charge is -2.20. The molecule has 16 heavy (non-hydrogen) atoms. The van der Waals surface area contributed by atoms with Crippen LogP contribution in [0.1, 0.15) is 24.0 Å². The lowest BCUT2D eigenvalue weighted by Crippen LogP contribution is -2.12. The molecule has 0 saturated carbocycles. The summed E-state index contributed by atoms with van der Waals surface area (Å²) in [6.07, 6.45) is 3.31. The second kappa shape index (κ2) is 4.56. The summed E-state index contributed by atoms with van der Waals surface area (Å²) in [5.74, 6) is 1.59. The van der Waals surface area contributed by atoms with Crippen molar-refractivity contribution >= 4 is 5.71 Å². The Labute approximate surface area is 96.1 Å². The minimum Gasteiger partial charge on any atom is -0.493 e. The van der Waals surface area contributed by atoms with Gasteiger partial charge in [-0.2, -0.15) is 0 Å². The molecule has 3 heteroatoms. The van der Waals surface area contributed by atoms with E-state index in [0.29, 0.717) is 0 Å². The van der Waals surface area contributed by atoms with Gasteiger partial charge in [-0.1, -0.05) is 0 Å². The predicted octanol–water partition coefficient (Wildman–Crippen LogP) is 2.46. The fourth-order valence-corrected chi connectivity index (χ4v) is 2.21. The average Bonchev–Trinajstić information content (AvgIpc) is 2.36. The van der Waals surface area contributed by atoms with Gasteiger partial charge < -0.3 is 9.47 Å². The maximum atomic E-state index is 5.32. The molecule has 0 spiro atoms. The second-order valence-electron chi connectivity index (χ2n) is 3.89. The number of hydrogen-bond acceptors (Lipinski definition) is 3. The molecule has 0 N–H and O–H groups in total. The summed E-state index contributed by atoms with van der Waals surface area (Å²) in [5, 5.41) is 0. The van der Waals surface area contributed by atoms with Gasteiger partial charge in [0, 0.05) is 18.3 Å². The second-order valence-corrected chi connectivity index (χ2v) is 3.89. The van der Waals surface area contributed by atoms with Crippen LogP contribution in [0.4, 0.5) is 0 Å². The SMILES string of the molecule is CN=C1CCCc2cc(OC)c(OC)cc21. The van der Waals surface area contributed by atoms with Crippen LogP contribution in [-0.4, -0.2) is 27.0 Å². The van der Waals surface area contributed by atoms with Crippen molar-refractivity contribution in [3.63, 3.8) is 0 Å². The van der Waals surface area contributed by atoms with Crippen LogP contribution >= 0.6 is 0 Å². The molecule has 86 valence electrons. The van der Waals surface area contributed by atoms with E-state index in [-0.39, 0.29) is 0 Å². The number of fused-ring (bicyclic) bond motifs is 1. The fourth-order valence-electron chi connectivity index (χ4n) is 2.21. The Morgan fingerprint density at radius 1 is 1.06 bits per heavy atom. The van der Waals surface area contributed by atoms with E-state index in [2.05, 4.69) is 11.1 Å². The molecule has 1 aromatic carbocycles. The lowest BCUT2D eigenvalue weighted by atomic mass is 9.89. The number of rotatable bonds is 2. The molecule has 0 heterocycles. The lowest BCUT2D eigenvalue weighted by molar-refractivity contribution is 0.354. The first kappa shape index (κ1) is 11.0. The molecule has 1 aliphatic carbocycles. The zero-order valence-electron chi connectivity index (χ0n) is 10.0. The van der Waals surface area contributed by atoms with Gasteiger partial charge in [0.1, 0.15) is 0 Å². The number of aliphatic imine (C=N–C) groups is 1. The number of benzene rings is 1. The zero-order valence-corrected chi connectivity index (χ0v) is 10.0. The first-order chi connectivity index (χ1) is 7.80. The maximum absolute atomic E-state index is 5.32. The summed E-state index contributed by atoms with van der Waals surface area (Å²) in [5.41, 5.74) is 3.69. The minimum atomic E-state index is 0.782. The Kier molecular flexibility index (Phi) is 3.13. The van der Waals surface area contributed by atoms with Crippen LogP contribution in [0.15, 0.2) is 17.1 Å². The summed E-state index contributed by atoms with van der Waals surface area (Å²) in [6.45, 7) is 0. The number of hydrogen-bond donors (Lipinski definition) is 0. The minimum absolute atomic E-state index is 0.782. The first-order valence-electron chi connectivity index (χ1n) is 5.51. The molecule has 1 aliphatic rings. The first-order valence-corrected chi connectivity index (χ1v) is 5.51. The third-order valence-electron chi connectivity index (χ3n) is 3.05. The van der Waals surface area contributed by atoms with Gasteiger partial charge in [0.25, 0.3) is 0 Å². The third kappa shape index (κ3) is 1.77. The van der Waals surface area contributed by atoms with E-state index in [1.807, 2.05) is 13.1 Å². The zero-order chi connectivity index (χ0) is 11.5. The molecule has 0 fully saturated rings. The van der Waals surface area contributed by atoms with E-state index in [1.165, 1.54) is 16.8 Å². The molecule has 0 aromatic heterocycles. The van der Waals surface area contributed by atoms with Gasteiger partial charge in [-0.05, 0) is 37.0 Å². The van der Waals surface area contributed by atoms with Gasteiger partial charge >= 0.3 is 0 Å². The number of aryl methyl sites for hydroxylation is 1. The van der Waals surface area contributed by atoms with E-state index in [9.17, 15) is 0 Å². The highest BCUT2D eigenvalue weighted by molar-refractivity contribution is 6.03. The highest BCUT2D eigenvalue weighted by Gasteiger charge is 2.18. The van der Waals surface area contributed by atoms with Crippen LogP contribution in [0.2, 0.25) is 0 Å².